The number of hydrogen-bond donors (Lipinski definition) is 2. The molecule has 7 heteroatoms. The minimum absolute atomic E-state index is 0.260. The second kappa shape index (κ2) is 4.75. The van der Waals surface area contributed by atoms with Crippen LogP contribution in [0.15, 0.2) is 42.1 Å². The second-order valence-electron chi connectivity index (χ2n) is 4.39. The zero-order valence-electron chi connectivity index (χ0n) is 10.1. The fraction of sp³-hybridized carbons (Fsp3) is 0.231. The number of ketones is 1. The van der Waals surface area contributed by atoms with Gasteiger partial charge in [-0.05, 0) is 0 Å². The fourth-order valence-electron chi connectivity index (χ4n) is 1.81. The van der Waals surface area contributed by atoms with Gasteiger partial charge in [0.15, 0.2) is 5.78 Å². The molecule has 0 radical (unpaired) electrons. The van der Waals surface area contributed by atoms with Crippen molar-refractivity contribution in [1.82, 2.24) is 5.32 Å². The molecular formula is C13H10F3NO3. The third-order valence-corrected chi connectivity index (χ3v) is 2.93. The summed E-state index contributed by atoms with van der Waals surface area (Å²) >= 11 is 0. The molecule has 2 N–H and O–H groups in total. The van der Waals surface area contributed by atoms with Crippen LogP contribution < -0.4 is 5.32 Å². The summed E-state index contributed by atoms with van der Waals surface area (Å²) in [7, 11) is 0. The highest BCUT2D eigenvalue weighted by Crippen LogP contribution is 2.38. The topological polar surface area (TPSA) is 66.4 Å². The van der Waals surface area contributed by atoms with Gasteiger partial charge >= 0.3 is 6.18 Å². The number of allylic oxidation sites excluding steroid dienone is 1. The Bertz CT molecular complexity index is 580. The van der Waals surface area contributed by atoms with Gasteiger partial charge in [0.25, 0.3) is 5.91 Å². The van der Waals surface area contributed by atoms with Gasteiger partial charge in [-0.1, -0.05) is 30.3 Å². The Morgan fingerprint density at radius 1 is 1.30 bits per heavy atom. The molecule has 0 bridgehead atoms. The van der Waals surface area contributed by atoms with Gasteiger partial charge in [-0.3, -0.25) is 9.59 Å². The molecule has 1 aliphatic rings. The van der Waals surface area contributed by atoms with Gasteiger partial charge in [0.1, 0.15) is 0 Å². The van der Waals surface area contributed by atoms with E-state index in [-0.39, 0.29) is 11.3 Å². The van der Waals surface area contributed by atoms with E-state index in [1.807, 2.05) is 5.32 Å². The zero-order chi connectivity index (χ0) is 15.0. The van der Waals surface area contributed by atoms with Gasteiger partial charge in [0.2, 0.25) is 5.60 Å². The van der Waals surface area contributed by atoms with Crippen molar-refractivity contribution in [3.05, 3.63) is 47.7 Å². The summed E-state index contributed by atoms with van der Waals surface area (Å²) < 4.78 is 37.8. The average Bonchev–Trinajstić information content (AvgIpc) is 2.66. The van der Waals surface area contributed by atoms with Gasteiger partial charge in [-0.15, -0.1) is 0 Å². The maximum absolute atomic E-state index is 12.6. The Kier molecular flexibility index (Phi) is 3.39. The van der Waals surface area contributed by atoms with Gasteiger partial charge in [-0.2, -0.15) is 13.2 Å². The number of carbonyl (C=O) groups is 2. The first-order valence-electron chi connectivity index (χ1n) is 5.64. The van der Waals surface area contributed by atoms with Crippen LogP contribution in [-0.4, -0.2) is 28.6 Å². The Morgan fingerprint density at radius 2 is 1.90 bits per heavy atom. The molecule has 2 rings (SSSR count). The predicted octanol–water partition coefficient (Wildman–Crippen LogP) is 1.57. The molecule has 106 valence electrons. The summed E-state index contributed by atoms with van der Waals surface area (Å²) in [6, 6.07) is 7.87. The van der Waals surface area contributed by atoms with E-state index in [0.29, 0.717) is 0 Å². The SMILES string of the molecule is O=C(/C=C1/C[C@](O)(C(F)(F)F)C(=O)N1)c1ccccc1. The molecule has 1 aromatic rings. The largest absolute Gasteiger partial charge is 0.426 e. The fourth-order valence-corrected chi connectivity index (χ4v) is 1.81. The van der Waals surface area contributed by atoms with Gasteiger partial charge < -0.3 is 10.4 Å². The number of alkyl halides is 3. The van der Waals surface area contributed by atoms with E-state index in [1.54, 1.807) is 18.2 Å². The molecule has 1 fully saturated rings. The van der Waals surface area contributed by atoms with Crippen LogP contribution in [0.5, 0.6) is 0 Å². The Hall–Kier alpha value is -2.15. The highest BCUT2D eigenvalue weighted by Gasteiger charge is 2.62. The third-order valence-electron chi connectivity index (χ3n) is 2.93. The molecule has 1 aromatic carbocycles. The highest BCUT2D eigenvalue weighted by molar-refractivity contribution is 6.05. The first-order valence-corrected chi connectivity index (χ1v) is 5.64. The van der Waals surface area contributed by atoms with Gasteiger partial charge in [-0.25, -0.2) is 0 Å². The van der Waals surface area contributed by atoms with Crippen LogP contribution in [0.2, 0.25) is 0 Å². The quantitative estimate of drug-likeness (QED) is 0.640. The number of carbonyl (C=O) groups excluding carboxylic acids is 2. The van der Waals surface area contributed by atoms with Gasteiger partial charge in [0.05, 0.1) is 0 Å². The van der Waals surface area contributed by atoms with Crippen LogP contribution >= 0.6 is 0 Å². The standard InChI is InChI=1S/C13H10F3NO3/c14-13(15,16)12(20)7-9(17-11(12)19)6-10(18)8-4-2-1-3-5-8/h1-6,20H,7H2,(H,17,19)/b9-6-/t12-/m1/s1. The molecule has 4 nitrogen and oxygen atoms in total. The van der Waals surface area contributed by atoms with Gasteiger partial charge in [0, 0.05) is 23.8 Å². The highest BCUT2D eigenvalue weighted by atomic mass is 19.4. The van der Waals surface area contributed by atoms with Crippen LogP contribution in [-0.2, 0) is 4.79 Å². The third kappa shape index (κ3) is 2.44. The van der Waals surface area contributed by atoms with Crippen LogP contribution in [0.25, 0.3) is 0 Å². The summed E-state index contributed by atoms with van der Waals surface area (Å²) in [6.45, 7) is 0. The maximum atomic E-state index is 12.6. The van der Waals surface area contributed by atoms with Crippen LogP contribution in [0.3, 0.4) is 0 Å². The average molecular weight is 285 g/mol. The second-order valence-corrected chi connectivity index (χ2v) is 4.39. The number of rotatable bonds is 2. The normalized spacial score (nSPS) is 24.8. The van der Waals surface area contributed by atoms with Crippen molar-refractivity contribution in [2.24, 2.45) is 0 Å². The summed E-state index contributed by atoms with van der Waals surface area (Å²) in [5.74, 6) is -2.12. The molecule has 1 atom stereocenters. The molecule has 0 spiro atoms. The smallest absolute Gasteiger partial charge is 0.372 e. The molecule has 1 aliphatic heterocycles. The number of aliphatic hydroxyl groups is 1. The minimum Gasteiger partial charge on any atom is -0.372 e. The molecule has 1 amide bonds. The number of amides is 1. The van der Waals surface area contributed by atoms with E-state index >= 15 is 0 Å². The maximum Gasteiger partial charge on any atom is 0.426 e. The van der Waals surface area contributed by atoms with E-state index < -0.39 is 29.9 Å². The molecular weight excluding hydrogens is 275 g/mol. The van der Waals surface area contributed by atoms with Crippen LogP contribution in [0.1, 0.15) is 16.8 Å². The molecule has 0 aliphatic carbocycles. The van der Waals surface area contributed by atoms with E-state index in [2.05, 4.69) is 0 Å². The van der Waals surface area contributed by atoms with Crippen molar-refractivity contribution in [2.45, 2.75) is 18.2 Å². The van der Waals surface area contributed by atoms with E-state index in [0.717, 1.165) is 6.08 Å². The van der Waals surface area contributed by atoms with Crippen molar-refractivity contribution in [2.75, 3.05) is 0 Å². The molecule has 1 heterocycles. The predicted molar refractivity (Wildman–Crippen MR) is 62.6 cm³/mol. The Labute approximate surface area is 111 Å². The number of hydrogen-bond acceptors (Lipinski definition) is 3. The van der Waals surface area contributed by atoms with E-state index in [9.17, 15) is 27.9 Å². The van der Waals surface area contributed by atoms with Crippen molar-refractivity contribution in [3.63, 3.8) is 0 Å². The number of nitrogens with one attached hydrogen (secondary N) is 1. The molecule has 0 unspecified atom stereocenters. The zero-order valence-corrected chi connectivity index (χ0v) is 10.1. The lowest BCUT2D eigenvalue weighted by Gasteiger charge is -2.21. The summed E-state index contributed by atoms with van der Waals surface area (Å²) in [4.78, 5) is 23.0. The number of benzene rings is 1. The van der Waals surface area contributed by atoms with Crippen LogP contribution in [0, 0.1) is 0 Å². The van der Waals surface area contributed by atoms with Crippen molar-refractivity contribution < 1.29 is 27.9 Å². The summed E-state index contributed by atoms with van der Waals surface area (Å²) in [5, 5.41) is 11.2. The minimum atomic E-state index is -5.09. The van der Waals surface area contributed by atoms with E-state index in [4.69, 9.17) is 0 Å². The van der Waals surface area contributed by atoms with Crippen LogP contribution in [0.4, 0.5) is 13.2 Å². The Balaban J connectivity index is 2.23. The summed E-state index contributed by atoms with van der Waals surface area (Å²) in [5.41, 5.74) is -3.46. The number of halogens is 3. The molecule has 1 saturated heterocycles. The summed E-state index contributed by atoms with van der Waals surface area (Å²) in [6.07, 6.45) is -5.20. The lowest BCUT2D eigenvalue weighted by molar-refractivity contribution is -0.246. The lowest BCUT2D eigenvalue weighted by Crippen LogP contribution is -2.50. The van der Waals surface area contributed by atoms with Crippen molar-refractivity contribution in [3.8, 4) is 0 Å². The molecule has 0 aromatic heterocycles. The molecule has 0 saturated carbocycles. The molecule has 20 heavy (non-hydrogen) atoms. The lowest BCUT2D eigenvalue weighted by atomic mass is 10.00. The van der Waals surface area contributed by atoms with Crippen molar-refractivity contribution >= 4 is 11.7 Å². The van der Waals surface area contributed by atoms with E-state index in [1.165, 1.54) is 12.1 Å². The Morgan fingerprint density at radius 3 is 2.40 bits per heavy atom. The first-order chi connectivity index (χ1) is 9.24. The monoisotopic (exact) mass is 285 g/mol. The van der Waals surface area contributed by atoms with Crippen molar-refractivity contribution in [1.29, 1.82) is 0 Å². The first kappa shape index (κ1) is 14.3.